The van der Waals surface area contributed by atoms with Gasteiger partial charge in [-0.2, -0.15) is 5.10 Å². The second-order valence-corrected chi connectivity index (χ2v) is 4.08. The zero-order valence-corrected chi connectivity index (χ0v) is 10.1. The van der Waals surface area contributed by atoms with Crippen molar-refractivity contribution in [3.05, 3.63) is 38.6 Å². The van der Waals surface area contributed by atoms with Gasteiger partial charge in [0, 0.05) is 18.8 Å². The molecule has 0 unspecified atom stereocenters. The second kappa shape index (κ2) is 3.92. The molecule has 0 N–H and O–H groups in total. The molecule has 0 fully saturated rings. The van der Waals surface area contributed by atoms with Crippen LogP contribution in [-0.2, 0) is 7.05 Å². The number of aromatic nitrogens is 4. The Labute approximate surface area is 101 Å². The smallest absolute Gasteiger partial charge is 0.273 e. The van der Waals surface area contributed by atoms with Crippen molar-refractivity contribution in [2.45, 2.75) is 6.92 Å². The van der Waals surface area contributed by atoms with Gasteiger partial charge in [-0.1, -0.05) is 23.2 Å². The normalized spacial score (nSPS) is 10.8. The zero-order chi connectivity index (χ0) is 11.9. The van der Waals surface area contributed by atoms with Crippen LogP contribution in [0.5, 0.6) is 0 Å². The van der Waals surface area contributed by atoms with E-state index >= 15 is 0 Å². The SMILES string of the molecule is Cc1cn(C)nc1-n1cc(Cl)nc(Cl)c1=O. The summed E-state index contributed by atoms with van der Waals surface area (Å²) in [5, 5.41) is 4.14. The van der Waals surface area contributed by atoms with Crippen LogP contribution in [0.2, 0.25) is 10.3 Å². The molecular formula is C9H8Cl2N4O. The molecule has 0 saturated heterocycles. The van der Waals surface area contributed by atoms with Gasteiger partial charge in [0.15, 0.2) is 11.0 Å². The highest BCUT2D eigenvalue weighted by Gasteiger charge is 2.11. The molecule has 0 atom stereocenters. The van der Waals surface area contributed by atoms with Crippen LogP contribution in [0, 0.1) is 6.92 Å². The quantitative estimate of drug-likeness (QED) is 0.781. The van der Waals surface area contributed by atoms with Gasteiger partial charge in [0.25, 0.3) is 5.56 Å². The fraction of sp³-hybridized carbons (Fsp3) is 0.222. The summed E-state index contributed by atoms with van der Waals surface area (Å²) < 4.78 is 2.90. The molecular weight excluding hydrogens is 251 g/mol. The van der Waals surface area contributed by atoms with Crippen molar-refractivity contribution in [1.82, 2.24) is 19.3 Å². The minimum Gasteiger partial charge on any atom is -0.273 e. The molecule has 2 heterocycles. The lowest BCUT2D eigenvalue weighted by atomic mass is 10.4. The molecule has 2 aromatic rings. The Morgan fingerprint density at radius 1 is 1.31 bits per heavy atom. The number of aryl methyl sites for hydroxylation is 2. The first-order chi connectivity index (χ1) is 7.49. The van der Waals surface area contributed by atoms with Crippen LogP contribution in [0.25, 0.3) is 5.82 Å². The summed E-state index contributed by atoms with van der Waals surface area (Å²) in [4.78, 5) is 15.4. The van der Waals surface area contributed by atoms with Crippen LogP contribution in [0.15, 0.2) is 17.2 Å². The molecule has 2 aromatic heterocycles. The van der Waals surface area contributed by atoms with Gasteiger partial charge in [0.1, 0.15) is 5.15 Å². The van der Waals surface area contributed by atoms with Gasteiger partial charge in [-0.3, -0.25) is 14.0 Å². The van der Waals surface area contributed by atoms with E-state index in [0.717, 1.165) is 5.56 Å². The number of hydrogen-bond donors (Lipinski definition) is 0. The summed E-state index contributed by atoms with van der Waals surface area (Å²) in [6, 6.07) is 0. The van der Waals surface area contributed by atoms with Crippen LogP contribution in [-0.4, -0.2) is 19.3 Å². The van der Waals surface area contributed by atoms with Crippen molar-refractivity contribution < 1.29 is 0 Å². The van der Waals surface area contributed by atoms with Gasteiger partial charge < -0.3 is 0 Å². The average molecular weight is 259 g/mol. The molecule has 0 saturated carbocycles. The second-order valence-electron chi connectivity index (χ2n) is 3.34. The van der Waals surface area contributed by atoms with Gasteiger partial charge in [-0.15, -0.1) is 0 Å². The molecule has 0 radical (unpaired) electrons. The standard InChI is InChI=1S/C9H8Cl2N4O/c1-5-3-14(2)13-8(5)15-4-6(10)12-7(11)9(15)16/h3-4H,1-2H3. The summed E-state index contributed by atoms with van der Waals surface area (Å²) in [5.41, 5.74) is 0.413. The molecule has 16 heavy (non-hydrogen) atoms. The van der Waals surface area contributed by atoms with Gasteiger partial charge in [-0.05, 0) is 6.92 Å². The highest BCUT2D eigenvalue weighted by Crippen LogP contribution is 2.12. The zero-order valence-electron chi connectivity index (χ0n) is 8.61. The highest BCUT2D eigenvalue weighted by molar-refractivity contribution is 6.32. The first-order valence-corrected chi connectivity index (χ1v) is 5.20. The fourth-order valence-corrected chi connectivity index (χ4v) is 1.83. The van der Waals surface area contributed by atoms with Crippen molar-refractivity contribution in [3.8, 4) is 5.82 Å². The average Bonchev–Trinajstić information content (AvgIpc) is 2.51. The lowest BCUT2D eigenvalue weighted by molar-refractivity contribution is 0.745. The van der Waals surface area contributed by atoms with E-state index in [9.17, 15) is 4.79 Å². The Morgan fingerprint density at radius 2 is 2.00 bits per heavy atom. The third-order valence-electron chi connectivity index (χ3n) is 2.05. The molecule has 0 aliphatic carbocycles. The van der Waals surface area contributed by atoms with Crippen LogP contribution in [0.1, 0.15) is 5.56 Å². The van der Waals surface area contributed by atoms with Crippen LogP contribution in [0.3, 0.4) is 0 Å². The first kappa shape index (κ1) is 11.2. The third-order valence-corrected chi connectivity index (χ3v) is 2.48. The van der Waals surface area contributed by atoms with Gasteiger partial charge in [0.05, 0.1) is 6.20 Å². The summed E-state index contributed by atoms with van der Waals surface area (Å²) in [6.45, 7) is 1.84. The molecule has 2 rings (SSSR count). The number of halogens is 2. The van der Waals surface area contributed by atoms with Gasteiger partial charge >= 0.3 is 0 Å². The van der Waals surface area contributed by atoms with E-state index in [1.807, 2.05) is 6.92 Å². The maximum atomic E-state index is 11.7. The van der Waals surface area contributed by atoms with Crippen LogP contribution >= 0.6 is 23.2 Å². The largest absolute Gasteiger partial charge is 0.294 e. The lowest BCUT2D eigenvalue weighted by Crippen LogP contribution is -2.20. The van der Waals surface area contributed by atoms with E-state index in [2.05, 4.69) is 10.1 Å². The number of hydrogen-bond acceptors (Lipinski definition) is 3. The summed E-state index contributed by atoms with van der Waals surface area (Å²) in [5.74, 6) is 0.499. The molecule has 0 amide bonds. The highest BCUT2D eigenvalue weighted by atomic mass is 35.5. The van der Waals surface area contributed by atoms with E-state index in [4.69, 9.17) is 23.2 Å². The van der Waals surface area contributed by atoms with Crippen molar-refractivity contribution in [1.29, 1.82) is 0 Å². The fourth-order valence-electron chi connectivity index (χ4n) is 1.43. The minimum absolute atomic E-state index is 0.148. The Bertz CT molecular complexity index is 602. The summed E-state index contributed by atoms with van der Waals surface area (Å²) in [7, 11) is 1.77. The Balaban J connectivity index is 2.74. The molecule has 0 aromatic carbocycles. The number of nitrogens with zero attached hydrogens (tertiary/aromatic N) is 4. The Hall–Kier alpha value is -1.33. The lowest BCUT2D eigenvalue weighted by Gasteiger charge is -2.03. The van der Waals surface area contributed by atoms with Crippen molar-refractivity contribution in [3.63, 3.8) is 0 Å². The maximum Gasteiger partial charge on any atom is 0.294 e. The Morgan fingerprint density at radius 3 is 2.56 bits per heavy atom. The molecule has 7 heteroatoms. The van der Waals surface area contributed by atoms with E-state index < -0.39 is 5.56 Å². The molecule has 84 valence electrons. The predicted molar refractivity (Wildman–Crippen MR) is 61.4 cm³/mol. The monoisotopic (exact) mass is 258 g/mol. The molecule has 0 aliphatic rings. The topological polar surface area (TPSA) is 52.7 Å². The Kier molecular flexibility index (Phi) is 2.73. The number of rotatable bonds is 1. The van der Waals surface area contributed by atoms with Gasteiger partial charge in [0.2, 0.25) is 0 Å². The van der Waals surface area contributed by atoms with Crippen molar-refractivity contribution in [2.75, 3.05) is 0 Å². The van der Waals surface area contributed by atoms with Crippen LogP contribution < -0.4 is 5.56 Å². The summed E-state index contributed by atoms with van der Waals surface area (Å²) in [6.07, 6.45) is 3.19. The predicted octanol–water partition coefficient (Wildman–Crippen LogP) is 1.58. The van der Waals surface area contributed by atoms with E-state index in [0.29, 0.717) is 5.82 Å². The van der Waals surface area contributed by atoms with E-state index in [1.54, 1.807) is 17.9 Å². The van der Waals surface area contributed by atoms with E-state index in [1.165, 1.54) is 10.8 Å². The van der Waals surface area contributed by atoms with Crippen LogP contribution in [0.4, 0.5) is 0 Å². The molecule has 0 aliphatic heterocycles. The van der Waals surface area contributed by atoms with Crippen molar-refractivity contribution >= 4 is 23.2 Å². The van der Waals surface area contributed by atoms with Gasteiger partial charge in [-0.25, -0.2) is 4.98 Å². The molecule has 0 bridgehead atoms. The third kappa shape index (κ3) is 1.83. The molecule has 0 spiro atoms. The molecule has 5 nitrogen and oxygen atoms in total. The first-order valence-electron chi connectivity index (χ1n) is 4.44. The van der Waals surface area contributed by atoms with Crippen molar-refractivity contribution in [2.24, 2.45) is 7.05 Å². The van der Waals surface area contributed by atoms with E-state index in [-0.39, 0.29) is 10.3 Å². The minimum atomic E-state index is -0.437. The summed E-state index contributed by atoms with van der Waals surface area (Å²) >= 11 is 11.4. The maximum absolute atomic E-state index is 11.7.